The molecule has 0 saturated carbocycles. The van der Waals surface area contributed by atoms with Gasteiger partial charge in [0.2, 0.25) is 0 Å². The van der Waals surface area contributed by atoms with Crippen molar-refractivity contribution in [3.63, 3.8) is 0 Å². The van der Waals surface area contributed by atoms with Gasteiger partial charge in [0.1, 0.15) is 12.4 Å². The Bertz CT molecular complexity index is 1650. The summed E-state index contributed by atoms with van der Waals surface area (Å²) in [6.45, 7) is 0.423. The monoisotopic (exact) mass is 557 g/mol. The van der Waals surface area contributed by atoms with Gasteiger partial charge in [0.05, 0.1) is 5.36 Å². The Kier molecular flexibility index (Phi) is 6.06. The van der Waals surface area contributed by atoms with Crippen molar-refractivity contribution in [2.75, 3.05) is 13.2 Å². The molecule has 3 heterocycles. The Balaban J connectivity index is 1.34. The molecule has 0 N–H and O–H groups in total. The van der Waals surface area contributed by atoms with Gasteiger partial charge in [0.25, 0.3) is 11.8 Å². The number of rotatable bonds is 6. The van der Waals surface area contributed by atoms with Crippen LogP contribution in [0, 0.1) is 5.82 Å². The van der Waals surface area contributed by atoms with E-state index in [0.717, 1.165) is 37.6 Å². The molecule has 0 spiro atoms. The van der Waals surface area contributed by atoms with Crippen LogP contribution in [0.25, 0.3) is 22.9 Å². The van der Waals surface area contributed by atoms with Crippen LogP contribution in [0.3, 0.4) is 0 Å². The second-order valence-electron chi connectivity index (χ2n) is 9.01. The minimum atomic E-state index is -0.585. The molecule has 0 unspecified atom stereocenters. The van der Waals surface area contributed by atoms with Crippen LogP contribution in [0.2, 0.25) is 0 Å². The smallest absolute Gasteiger partial charge is 0.270 e. The molecule has 0 aliphatic carbocycles. The highest BCUT2D eigenvalue weighted by molar-refractivity contribution is 9.10. The van der Waals surface area contributed by atoms with E-state index in [1.54, 1.807) is 17.0 Å². The molecule has 3 aromatic carbocycles. The summed E-state index contributed by atoms with van der Waals surface area (Å²) in [5, 5.41) is 1.47. The summed E-state index contributed by atoms with van der Waals surface area (Å²) in [6, 6.07) is 19.9. The van der Waals surface area contributed by atoms with Crippen LogP contribution in [0.1, 0.15) is 17.4 Å². The molecule has 1 fully saturated rings. The molecule has 6 rings (SSSR count). The quantitative estimate of drug-likeness (QED) is 0.359. The van der Waals surface area contributed by atoms with Gasteiger partial charge in [-0.15, -0.1) is 0 Å². The molecule has 1 atom stereocenters. The second kappa shape index (κ2) is 9.53. The minimum absolute atomic E-state index is 0.0139. The number of carbonyl (C=O) groups excluding carboxylic acids is 2. The molecule has 0 bridgehead atoms. The molecular formula is C29H21BrFN3O3. The summed E-state index contributed by atoms with van der Waals surface area (Å²) in [6.07, 6.45) is 5.46. The van der Waals surface area contributed by atoms with E-state index >= 15 is 0 Å². The first-order valence-corrected chi connectivity index (χ1v) is 12.6. The fourth-order valence-corrected chi connectivity index (χ4v) is 5.02. The average molecular weight is 558 g/mol. The van der Waals surface area contributed by atoms with Gasteiger partial charge in [-0.25, -0.2) is 9.38 Å². The van der Waals surface area contributed by atoms with Crippen molar-refractivity contribution in [3.8, 4) is 16.8 Å². The van der Waals surface area contributed by atoms with E-state index in [1.165, 1.54) is 18.2 Å². The summed E-state index contributed by atoms with van der Waals surface area (Å²) >= 11 is 3.47. The first kappa shape index (κ1) is 23.5. The van der Waals surface area contributed by atoms with Gasteiger partial charge in [0, 0.05) is 51.5 Å². The zero-order valence-electron chi connectivity index (χ0n) is 19.6. The zero-order chi connectivity index (χ0) is 25.5. The number of hydrogen-bond donors (Lipinski definition) is 0. The third-order valence-electron chi connectivity index (χ3n) is 6.62. The number of hydrogen-bond acceptors (Lipinski definition) is 3. The highest BCUT2D eigenvalue weighted by Gasteiger charge is 2.35. The third-order valence-corrected chi connectivity index (χ3v) is 7.15. The Labute approximate surface area is 220 Å². The summed E-state index contributed by atoms with van der Waals surface area (Å²) in [7, 11) is 0. The van der Waals surface area contributed by atoms with Crippen LogP contribution in [0.15, 0.2) is 88.6 Å². The van der Waals surface area contributed by atoms with Gasteiger partial charge < -0.3 is 14.2 Å². The van der Waals surface area contributed by atoms with Crippen molar-refractivity contribution in [1.29, 1.82) is 0 Å². The number of ether oxygens (including phenoxy) is 1. The number of benzene rings is 3. The maximum absolute atomic E-state index is 13.7. The standard InChI is InChI=1S/C29H21BrFN3O3/c30-21-5-9-23(10-6-21)33-15-24(19-3-7-22(31)8-4-19)25(16-33)29-34(28(36)17-37-29)12-11-18-1-2-20-14-27(35)32-26(20)13-18/h1-10,13-16,29H,11-12,17H2/t29-/m1/s1. The molecule has 8 heteroatoms. The van der Waals surface area contributed by atoms with Crippen LogP contribution in [-0.4, -0.2) is 34.4 Å². The second-order valence-corrected chi connectivity index (χ2v) is 9.92. The molecule has 1 aromatic heterocycles. The molecule has 2 aliphatic heterocycles. The summed E-state index contributed by atoms with van der Waals surface area (Å²) in [5.74, 6) is -0.660. The van der Waals surface area contributed by atoms with Gasteiger partial charge in [0.15, 0.2) is 6.23 Å². The van der Waals surface area contributed by atoms with Crippen molar-refractivity contribution in [1.82, 2.24) is 9.47 Å². The highest BCUT2D eigenvalue weighted by Crippen LogP contribution is 2.37. The highest BCUT2D eigenvalue weighted by atomic mass is 79.9. The predicted molar refractivity (Wildman–Crippen MR) is 140 cm³/mol. The molecule has 1 saturated heterocycles. The van der Waals surface area contributed by atoms with Gasteiger partial charge in [-0.2, -0.15) is 0 Å². The molecule has 184 valence electrons. The maximum atomic E-state index is 13.7. The number of nitrogens with zero attached hydrogens (tertiary/aromatic N) is 3. The van der Waals surface area contributed by atoms with E-state index < -0.39 is 6.23 Å². The van der Waals surface area contributed by atoms with Crippen LogP contribution < -0.4 is 10.6 Å². The fraction of sp³-hybridized carbons (Fsp3) is 0.138. The van der Waals surface area contributed by atoms with Crippen molar-refractivity contribution in [2.45, 2.75) is 12.6 Å². The Morgan fingerprint density at radius 3 is 2.57 bits per heavy atom. The lowest BCUT2D eigenvalue weighted by Gasteiger charge is -2.24. The van der Waals surface area contributed by atoms with E-state index in [2.05, 4.69) is 20.9 Å². The van der Waals surface area contributed by atoms with Crippen molar-refractivity contribution < 1.29 is 18.7 Å². The summed E-state index contributed by atoms with van der Waals surface area (Å²) in [4.78, 5) is 30.2. The summed E-state index contributed by atoms with van der Waals surface area (Å²) < 4.78 is 22.6. The van der Waals surface area contributed by atoms with E-state index in [-0.39, 0.29) is 24.2 Å². The lowest BCUT2D eigenvalue weighted by Crippen LogP contribution is -2.31. The topological polar surface area (TPSA) is 63.9 Å². The third kappa shape index (κ3) is 4.65. The molecule has 37 heavy (non-hydrogen) atoms. The lowest BCUT2D eigenvalue weighted by atomic mass is 10.0. The van der Waals surface area contributed by atoms with E-state index in [1.807, 2.05) is 59.4 Å². The van der Waals surface area contributed by atoms with Gasteiger partial charge in [-0.1, -0.05) is 40.2 Å². The van der Waals surface area contributed by atoms with Gasteiger partial charge in [-0.05, 0) is 60.0 Å². The van der Waals surface area contributed by atoms with Crippen LogP contribution in [0.4, 0.5) is 4.39 Å². The van der Waals surface area contributed by atoms with E-state index in [0.29, 0.717) is 18.3 Å². The number of carbonyl (C=O) groups is 2. The van der Waals surface area contributed by atoms with Crippen molar-refractivity contribution in [3.05, 3.63) is 111 Å². The molecule has 0 radical (unpaired) electrons. The molecule has 2 aliphatic rings. The number of fused-ring (bicyclic) bond motifs is 1. The largest absolute Gasteiger partial charge is 0.344 e. The zero-order valence-corrected chi connectivity index (χ0v) is 21.2. The van der Waals surface area contributed by atoms with E-state index in [4.69, 9.17) is 4.74 Å². The SMILES string of the molecule is O=C1C=c2ccc(CCN3C(=O)CO[C@@H]3c3cn(-c4ccc(Br)cc4)cc3-c3ccc(F)cc3)cc2=N1. The number of aromatic nitrogens is 1. The van der Waals surface area contributed by atoms with Crippen LogP contribution in [-0.2, 0) is 20.7 Å². The van der Waals surface area contributed by atoms with Crippen molar-refractivity contribution >= 4 is 33.8 Å². The Morgan fingerprint density at radius 2 is 1.78 bits per heavy atom. The lowest BCUT2D eigenvalue weighted by molar-refractivity contribution is -0.128. The van der Waals surface area contributed by atoms with Crippen LogP contribution in [0.5, 0.6) is 0 Å². The Morgan fingerprint density at radius 1 is 1.00 bits per heavy atom. The first-order chi connectivity index (χ1) is 17.9. The van der Waals surface area contributed by atoms with Crippen LogP contribution >= 0.6 is 15.9 Å². The first-order valence-electron chi connectivity index (χ1n) is 11.8. The number of amides is 2. The molecule has 4 aromatic rings. The Hall–Kier alpha value is -3.88. The summed E-state index contributed by atoms with van der Waals surface area (Å²) in [5.41, 5.74) is 4.44. The normalized spacial score (nSPS) is 16.6. The van der Waals surface area contributed by atoms with E-state index in [9.17, 15) is 14.0 Å². The minimum Gasteiger partial charge on any atom is -0.344 e. The molecule has 6 nitrogen and oxygen atoms in total. The van der Waals surface area contributed by atoms with Crippen molar-refractivity contribution in [2.24, 2.45) is 4.99 Å². The molecule has 2 amide bonds. The average Bonchev–Trinajstić information content (AvgIpc) is 3.59. The number of halogens is 2. The maximum Gasteiger partial charge on any atom is 0.270 e. The van der Waals surface area contributed by atoms with Gasteiger partial charge in [-0.3, -0.25) is 9.59 Å². The molecular weight excluding hydrogens is 537 g/mol. The predicted octanol–water partition coefficient (Wildman–Crippen LogP) is 4.09. The van der Waals surface area contributed by atoms with Gasteiger partial charge >= 0.3 is 0 Å². The fourth-order valence-electron chi connectivity index (χ4n) is 4.75.